The Morgan fingerprint density at radius 3 is 3.00 bits per heavy atom. The van der Waals surface area contributed by atoms with Crippen molar-refractivity contribution < 1.29 is 14.0 Å². The van der Waals surface area contributed by atoms with Gasteiger partial charge in [-0.25, -0.2) is 5.84 Å². The SMILES string of the molecule is CN1CCCN(Cc2ccc(C(=O)NN)o2)CC1=O. The number of carbonyl (C=O) groups is 2. The largest absolute Gasteiger partial charge is 0.455 e. The maximum atomic E-state index is 11.7. The molecule has 0 saturated carbocycles. The van der Waals surface area contributed by atoms with E-state index >= 15 is 0 Å². The molecule has 1 fully saturated rings. The third-order valence-corrected chi connectivity index (χ3v) is 3.15. The number of nitrogen functional groups attached to an aromatic ring is 1. The number of amides is 2. The quantitative estimate of drug-likeness (QED) is 0.439. The number of hydrogen-bond donors (Lipinski definition) is 2. The summed E-state index contributed by atoms with van der Waals surface area (Å²) in [5, 5.41) is 0. The second-order valence-electron chi connectivity index (χ2n) is 4.62. The first-order valence-electron chi connectivity index (χ1n) is 6.16. The van der Waals surface area contributed by atoms with E-state index in [1.165, 1.54) is 0 Å². The molecule has 2 heterocycles. The summed E-state index contributed by atoms with van der Waals surface area (Å²) < 4.78 is 5.38. The van der Waals surface area contributed by atoms with Gasteiger partial charge in [0.2, 0.25) is 5.91 Å². The van der Waals surface area contributed by atoms with Crippen LogP contribution in [0.4, 0.5) is 0 Å². The van der Waals surface area contributed by atoms with Gasteiger partial charge in [0.25, 0.3) is 0 Å². The van der Waals surface area contributed by atoms with Gasteiger partial charge < -0.3 is 9.32 Å². The topological polar surface area (TPSA) is 91.8 Å². The van der Waals surface area contributed by atoms with Gasteiger partial charge in [-0.1, -0.05) is 0 Å². The van der Waals surface area contributed by atoms with Crippen molar-refractivity contribution >= 4 is 11.8 Å². The molecule has 1 aromatic rings. The molecule has 104 valence electrons. The second-order valence-corrected chi connectivity index (χ2v) is 4.62. The van der Waals surface area contributed by atoms with E-state index in [0.717, 1.165) is 19.5 Å². The number of hydrogen-bond acceptors (Lipinski definition) is 5. The third kappa shape index (κ3) is 3.33. The molecule has 0 aliphatic carbocycles. The molecule has 0 atom stereocenters. The summed E-state index contributed by atoms with van der Waals surface area (Å²) in [4.78, 5) is 26.8. The van der Waals surface area contributed by atoms with E-state index in [9.17, 15) is 9.59 Å². The number of rotatable bonds is 3. The van der Waals surface area contributed by atoms with E-state index in [1.54, 1.807) is 17.0 Å². The number of furan rings is 1. The van der Waals surface area contributed by atoms with Crippen LogP contribution in [0, 0.1) is 0 Å². The van der Waals surface area contributed by atoms with Crippen molar-refractivity contribution in [2.75, 3.05) is 26.7 Å². The number of carbonyl (C=O) groups excluding carboxylic acids is 2. The van der Waals surface area contributed by atoms with Crippen molar-refractivity contribution in [3.63, 3.8) is 0 Å². The zero-order valence-electron chi connectivity index (χ0n) is 10.9. The molecular weight excluding hydrogens is 248 g/mol. The van der Waals surface area contributed by atoms with Gasteiger partial charge in [-0.3, -0.25) is 19.9 Å². The molecule has 2 amide bonds. The summed E-state index contributed by atoms with van der Waals surface area (Å²) in [6, 6.07) is 3.30. The Labute approximate surface area is 111 Å². The monoisotopic (exact) mass is 266 g/mol. The Morgan fingerprint density at radius 2 is 2.26 bits per heavy atom. The molecule has 19 heavy (non-hydrogen) atoms. The van der Waals surface area contributed by atoms with Crippen molar-refractivity contribution in [1.29, 1.82) is 0 Å². The molecule has 7 nitrogen and oxygen atoms in total. The van der Waals surface area contributed by atoms with Gasteiger partial charge in [0, 0.05) is 20.1 Å². The Kier molecular flexibility index (Phi) is 4.18. The Morgan fingerprint density at radius 1 is 1.47 bits per heavy atom. The van der Waals surface area contributed by atoms with E-state index in [0.29, 0.717) is 18.8 Å². The van der Waals surface area contributed by atoms with Crippen molar-refractivity contribution in [3.8, 4) is 0 Å². The third-order valence-electron chi connectivity index (χ3n) is 3.15. The van der Waals surface area contributed by atoms with Gasteiger partial charge >= 0.3 is 5.91 Å². The van der Waals surface area contributed by atoms with Gasteiger partial charge in [-0.2, -0.15) is 0 Å². The molecular formula is C12H18N4O3. The number of likely N-dealkylation sites (N-methyl/N-ethyl adjacent to an activating group) is 1. The predicted molar refractivity (Wildman–Crippen MR) is 67.9 cm³/mol. The fourth-order valence-electron chi connectivity index (χ4n) is 2.06. The van der Waals surface area contributed by atoms with Crippen molar-refractivity contribution in [1.82, 2.24) is 15.2 Å². The van der Waals surface area contributed by atoms with E-state index in [-0.39, 0.29) is 11.7 Å². The number of nitrogens with zero attached hydrogens (tertiary/aromatic N) is 2. The lowest BCUT2D eigenvalue weighted by Crippen LogP contribution is -2.34. The minimum absolute atomic E-state index is 0.101. The number of hydrazine groups is 1. The standard InChI is InChI=1S/C12H18N4O3/c1-15-5-2-6-16(8-11(15)17)7-9-3-4-10(19-9)12(18)14-13/h3-4H,2,5-8,13H2,1H3,(H,14,18). The van der Waals surface area contributed by atoms with Crippen LogP contribution in [0.5, 0.6) is 0 Å². The van der Waals surface area contributed by atoms with Gasteiger partial charge in [0.05, 0.1) is 13.1 Å². The van der Waals surface area contributed by atoms with Crippen LogP contribution in [0.15, 0.2) is 16.5 Å². The second kappa shape index (κ2) is 5.85. The molecule has 0 bridgehead atoms. The highest BCUT2D eigenvalue weighted by Crippen LogP contribution is 2.12. The Hall–Kier alpha value is -1.86. The van der Waals surface area contributed by atoms with E-state index in [4.69, 9.17) is 10.3 Å². The fraction of sp³-hybridized carbons (Fsp3) is 0.500. The Bertz CT molecular complexity index is 471. The maximum Gasteiger partial charge on any atom is 0.300 e. The van der Waals surface area contributed by atoms with Crippen LogP contribution in [-0.2, 0) is 11.3 Å². The van der Waals surface area contributed by atoms with Crippen LogP contribution >= 0.6 is 0 Å². The molecule has 1 saturated heterocycles. The first-order valence-corrected chi connectivity index (χ1v) is 6.16. The van der Waals surface area contributed by atoms with E-state index in [1.807, 2.05) is 17.4 Å². The average Bonchev–Trinajstić information content (AvgIpc) is 2.79. The number of nitrogens with one attached hydrogen (secondary N) is 1. The van der Waals surface area contributed by atoms with Crippen molar-refractivity contribution in [2.45, 2.75) is 13.0 Å². The molecule has 0 spiro atoms. The molecule has 1 aliphatic rings. The Balaban J connectivity index is 1.98. The summed E-state index contributed by atoms with van der Waals surface area (Å²) in [6.45, 7) is 2.48. The summed E-state index contributed by atoms with van der Waals surface area (Å²) in [6.07, 6.45) is 0.930. The van der Waals surface area contributed by atoms with Crippen LogP contribution in [0.3, 0.4) is 0 Å². The molecule has 0 radical (unpaired) electrons. The lowest BCUT2D eigenvalue weighted by atomic mass is 10.3. The van der Waals surface area contributed by atoms with Crippen LogP contribution in [0.25, 0.3) is 0 Å². The molecule has 1 aromatic heterocycles. The van der Waals surface area contributed by atoms with Crippen LogP contribution in [-0.4, -0.2) is 48.3 Å². The first-order chi connectivity index (χ1) is 9.10. The van der Waals surface area contributed by atoms with Gasteiger partial charge in [-0.15, -0.1) is 0 Å². The number of nitrogens with two attached hydrogens (primary N) is 1. The molecule has 1 aliphatic heterocycles. The highest BCUT2D eigenvalue weighted by Gasteiger charge is 2.20. The maximum absolute atomic E-state index is 11.7. The van der Waals surface area contributed by atoms with Gasteiger partial charge in [0.15, 0.2) is 5.76 Å². The minimum Gasteiger partial charge on any atom is -0.455 e. The molecule has 7 heteroatoms. The first kappa shape index (κ1) is 13.6. The normalized spacial score (nSPS) is 17.4. The highest BCUT2D eigenvalue weighted by molar-refractivity contribution is 5.90. The predicted octanol–water partition coefficient (Wildman–Crippen LogP) is -0.453. The van der Waals surface area contributed by atoms with Crippen molar-refractivity contribution in [2.24, 2.45) is 5.84 Å². The lowest BCUT2D eigenvalue weighted by Gasteiger charge is -2.17. The lowest BCUT2D eigenvalue weighted by molar-refractivity contribution is -0.130. The zero-order valence-corrected chi connectivity index (χ0v) is 10.9. The minimum atomic E-state index is -0.460. The van der Waals surface area contributed by atoms with E-state index in [2.05, 4.69) is 0 Å². The smallest absolute Gasteiger partial charge is 0.300 e. The summed E-state index contributed by atoms with van der Waals surface area (Å²) >= 11 is 0. The summed E-state index contributed by atoms with van der Waals surface area (Å²) in [5.74, 6) is 5.50. The van der Waals surface area contributed by atoms with Crippen LogP contribution in [0.2, 0.25) is 0 Å². The van der Waals surface area contributed by atoms with E-state index < -0.39 is 5.91 Å². The van der Waals surface area contributed by atoms with Gasteiger partial charge in [0.1, 0.15) is 5.76 Å². The molecule has 3 N–H and O–H groups in total. The van der Waals surface area contributed by atoms with Crippen LogP contribution < -0.4 is 11.3 Å². The zero-order chi connectivity index (χ0) is 13.8. The summed E-state index contributed by atoms with van der Waals surface area (Å²) in [7, 11) is 1.81. The van der Waals surface area contributed by atoms with Crippen LogP contribution in [0.1, 0.15) is 22.7 Å². The molecule has 0 unspecified atom stereocenters. The highest BCUT2D eigenvalue weighted by atomic mass is 16.4. The van der Waals surface area contributed by atoms with Gasteiger partial charge in [-0.05, 0) is 18.6 Å². The molecule has 2 rings (SSSR count). The molecule has 0 aromatic carbocycles. The average molecular weight is 266 g/mol. The van der Waals surface area contributed by atoms with Crippen molar-refractivity contribution in [3.05, 3.63) is 23.7 Å². The summed E-state index contributed by atoms with van der Waals surface area (Å²) in [5.41, 5.74) is 2.01. The fourth-order valence-corrected chi connectivity index (χ4v) is 2.06.